The van der Waals surface area contributed by atoms with Crippen LogP contribution in [0.5, 0.6) is 0 Å². The SMILES string of the molecule is C#Cc1ccc2cc(-c3cccc(C(=O)CC)n3)ccc2c1C=O. The van der Waals surface area contributed by atoms with Crippen molar-refractivity contribution in [3.63, 3.8) is 0 Å². The number of aromatic nitrogens is 1. The van der Waals surface area contributed by atoms with Gasteiger partial charge >= 0.3 is 0 Å². The number of carbonyl (C=O) groups is 2. The molecule has 0 amide bonds. The van der Waals surface area contributed by atoms with E-state index >= 15 is 0 Å². The Bertz CT molecular complexity index is 996. The number of carbonyl (C=O) groups excluding carboxylic acids is 2. The lowest BCUT2D eigenvalue weighted by molar-refractivity contribution is 0.0983. The minimum Gasteiger partial charge on any atom is -0.298 e. The number of pyridine rings is 1. The molecule has 0 bridgehead atoms. The van der Waals surface area contributed by atoms with Crippen molar-refractivity contribution < 1.29 is 9.59 Å². The van der Waals surface area contributed by atoms with E-state index in [1.807, 2.05) is 43.3 Å². The van der Waals surface area contributed by atoms with Crippen LogP contribution >= 0.6 is 0 Å². The van der Waals surface area contributed by atoms with Crippen molar-refractivity contribution in [2.24, 2.45) is 0 Å². The summed E-state index contributed by atoms with van der Waals surface area (Å²) >= 11 is 0. The standard InChI is InChI=1S/C21H15NO2/c1-3-14-8-9-15-12-16(10-11-17(15)18(14)13-23)19-6-5-7-20(22-19)21(24)4-2/h1,5-13H,4H2,2H3. The van der Waals surface area contributed by atoms with Gasteiger partial charge in [-0.1, -0.05) is 37.1 Å². The highest BCUT2D eigenvalue weighted by atomic mass is 16.1. The highest BCUT2D eigenvalue weighted by molar-refractivity contribution is 6.02. The van der Waals surface area contributed by atoms with Gasteiger partial charge in [0.05, 0.1) is 5.69 Å². The van der Waals surface area contributed by atoms with Crippen LogP contribution in [0.4, 0.5) is 0 Å². The van der Waals surface area contributed by atoms with Crippen molar-refractivity contribution in [3.8, 4) is 23.6 Å². The number of aldehydes is 1. The summed E-state index contributed by atoms with van der Waals surface area (Å²) < 4.78 is 0. The second-order valence-corrected chi connectivity index (χ2v) is 5.41. The average Bonchev–Trinajstić information content (AvgIpc) is 2.65. The molecule has 2 aromatic carbocycles. The maximum absolute atomic E-state index is 11.8. The molecule has 0 aliphatic heterocycles. The molecule has 0 saturated carbocycles. The topological polar surface area (TPSA) is 47.0 Å². The molecular weight excluding hydrogens is 298 g/mol. The second kappa shape index (κ2) is 6.47. The van der Waals surface area contributed by atoms with Crippen LogP contribution in [0.2, 0.25) is 0 Å². The molecule has 3 rings (SSSR count). The summed E-state index contributed by atoms with van der Waals surface area (Å²) in [5, 5.41) is 1.72. The Morgan fingerprint density at radius 3 is 2.75 bits per heavy atom. The van der Waals surface area contributed by atoms with E-state index in [0.29, 0.717) is 23.2 Å². The molecule has 0 fully saturated rings. The van der Waals surface area contributed by atoms with Crippen LogP contribution in [0.1, 0.15) is 39.8 Å². The monoisotopic (exact) mass is 313 g/mol. The minimum absolute atomic E-state index is 0.0135. The van der Waals surface area contributed by atoms with E-state index in [0.717, 1.165) is 28.3 Å². The molecule has 24 heavy (non-hydrogen) atoms. The number of terminal acetylenes is 1. The van der Waals surface area contributed by atoms with Crippen LogP contribution in [0.15, 0.2) is 48.5 Å². The number of benzene rings is 2. The van der Waals surface area contributed by atoms with Gasteiger partial charge in [0.2, 0.25) is 0 Å². The molecule has 0 aliphatic rings. The molecule has 3 nitrogen and oxygen atoms in total. The van der Waals surface area contributed by atoms with Crippen molar-refractivity contribution in [2.75, 3.05) is 0 Å². The van der Waals surface area contributed by atoms with Crippen molar-refractivity contribution >= 4 is 22.8 Å². The molecule has 116 valence electrons. The Hall–Kier alpha value is -3.25. The van der Waals surface area contributed by atoms with Gasteiger partial charge in [0.15, 0.2) is 12.1 Å². The van der Waals surface area contributed by atoms with Gasteiger partial charge in [0.1, 0.15) is 5.69 Å². The Morgan fingerprint density at radius 1 is 1.21 bits per heavy atom. The molecule has 1 aromatic heterocycles. The third-order valence-corrected chi connectivity index (χ3v) is 3.99. The van der Waals surface area contributed by atoms with Crippen LogP contribution in [0.3, 0.4) is 0 Å². The predicted octanol–water partition coefficient (Wildman–Crippen LogP) is 4.29. The first-order valence-electron chi connectivity index (χ1n) is 7.67. The Kier molecular flexibility index (Phi) is 4.22. The van der Waals surface area contributed by atoms with Crippen molar-refractivity contribution in [1.82, 2.24) is 4.98 Å². The first-order valence-corrected chi connectivity index (χ1v) is 7.67. The molecule has 0 aliphatic carbocycles. The lowest BCUT2D eigenvalue weighted by atomic mass is 9.97. The average molecular weight is 313 g/mol. The van der Waals surface area contributed by atoms with Gasteiger partial charge in [-0.2, -0.15) is 0 Å². The van der Waals surface area contributed by atoms with E-state index in [4.69, 9.17) is 6.42 Å². The number of hydrogen-bond donors (Lipinski definition) is 0. The van der Waals surface area contributed by atoms with Crippen molar-refractivity contribution in [2.45, 2.75) is 13.3 Å². The summed E-state index contributed by atoms with van der Waals surface area (Å²) in [6.45, 7) is 1.82. The highest BCUT2D eigenvalue weighted by Gasteiger charge is 2.10. The van der Waals surface area contributed by atoms with Crippen LogP contribution in [-0.2, 0) is 0 Å². The lowest BCUT2D eigenvalue weighted by Gasteiger charge is -2.08. The summed E-state index contributed by atoms with van der Waals surface area (Å²) in [5.41, 5.74) is 3.18. The lowest BCUT2D eigenvalue weighted by Crippen LogP contribution is -2.00. The van der Waals surface area contributed by atoms with Gasteiger partial charge in [0.25, 0.3) is 0 Å². The van der Waals surface area contributed by atoms with Gasteiger partial charge in [-0.25, -0.2) is 4.98 Å². The Labute approximate surface area is 140 Å². The first kappa shape index (κ1) is 15.6. The largest absolute Gasteiger partial charge is 0.298 e. The van der Waals surface area contributed by atoms with Gasteiger partial charge < -0.3 is 0 Å². The number of Topliss-reactive ketones (excluding diaryl/α,β-unsaturated/α-hetero) is 1. The molecule has 0 spiro atoms. The van der Waals surface area contributed by atoms with E-state index < -0.39 is 0 Å². The van der Waals surface area contributed by atoms with E-state index in [9.17, 15) is 9.59 Å². The summed E-state index contributed by atoms with van der Waals surface area (Å²) in [7, 11) is 0. The number of fused-ring (bicyclic) bond motifs is 1. The predicted molar refractivity (Wildman–Crippen MR) is 95.1 cm³/mol. The van der Waals surface area contributed by atoms with E-state index in [-0.39, 0.29) is 5.78 Å². The van der Waals surface area contributed by atoms with Crippen LogP contribution in [-0.4, -0.2) is 17.1 Å². The molecule has 3 aromatic rings. The Balaban J connectivity index is 2.14. The molecule has 0 unspecified atom stereocenters. The molecule has 0 atom stereocenters. The van der Waals surface area contributed by atoms with Gasteiger partial charge in [0, 0.05) is 23.1 Å². The fourth-order valence-electron chi connectivity index (χ4n) is 2.70. The maximum Gasteiger partial charge on any atom is 0.180 e. The van der Waals surface area contributed by atoms with Crippen molar-refractivity contribution in [3.05, 3.63) is 65.4 Å². The van der Waals surface area contributed by atoms with Gasteiger partial charge in [-0.05, 0) is 35.0 Å². The third kappa shape index (κ3) is 2.70. The Morgan fingerprint density at radius 2 is 2.04 bits per heavy atom. The second-order valence-electron chi connectivity index (χ2n) is 5.41. The molecule has 1 heterocycles. The van der Waals surface area contributed by atoms with Crippen LogP contribution < -0.4 is 0 Å². The molecular formula is C21H15NO2. The van der Waals surface area contributed by atoms with E-state index in [1.54, 1.807) is 12.1 Å². The molecule has 3 heteroatoms. The third-order valence-electron chi connectivity index (χ3n) is 3.99. The van der Waals surface area contributed by atoms with Crippen molar-refractivity contribution in [1.29, 1.82) is 0 Å². The zero-order valence-corrected chi connectivity index (χ0v) is 13.2. The number of rotatable bonds is 4. The number of hydrogen-bond acceptors (Lipinski definition) is 3. The first-order chi connectivity index (χ1) is 11.7. The summed E-state index contributed by atoms with van der Waals surface area (Å²) in [6, 6.07) is 14.8. The summed E-state index contributed by atoms with van der Waals surface area (Å²) in [4.78, 5) is 27.7. The maximum atomic E-state index is 11.8. The van der Waals surface area contributed by atoms with E-state index in [2.05, 4.69) is 10.9 Å². The molecule has 0 radical (unpaired) electrons. The molecule has 0 saturated heterocycles. The number of ketones is 1. The van der Waals surface area contributed by atoms with E-state index in [1.165, 1.54) is 0 Å². The zero-order valence-electron chi connectivity index (χ0n) is 13.2. The van der Waals surface area contributed by atoms with Crippen LogP contribution in [0, 0.1) is 12.3 Å². The van der Waals surface area contributed by atoms with Crippen LogP contribution in [0.25, 0.3) is 22.0 Å². The highest BCUT2D eigenvalue weighted by Crippen LogP contribution is 2.26. The normalized spacial score (nSPS) is 10.3. The van der Waals surface area contributed by atoms with Gasteiger partial charge in [-0.3, -0.25) is 9.59 Å². The quantitative estimate of drug-likeness (QED) is 0.410. The smallest absolute Gasteiger partial charge is 0.180 e. The number of nitrogens with zero attached hydrogens (tertiary/aromatic N) is 1. The zero-order chi connectivity index (χ0) is 17.1. The fourth-order valence-corrected chi connectivity index (χ4v) is 2.70. The summed E-state index contributed by atoms with van der Waals surface area (Å²) in [6.07, 6.45) is 6.66. The van der Waals surface area contributed by atoms with Gasteiger partial charge in [-0.15, -0.1) is 6.42 Å². The summed E-state index contributed by atoms with van der Waals surface area (Å²) in [5.74, 6) is 2.54. The fraction of sp³-hybridized carbons (Fsp3) is 0.0952. The molecule has 0 N–H and O–H groups in total. The minimum atomic E-state index is 0.0135.